The SMILES string of the molecule is CC(C)COc1ccc(Cl)cc1C(=O)CCC1OCCO1. The van der Waals surface area contributed by atoms with Crippen LogP contribution in [-0.4, -0.2) is 31.9 Å². The van der Waals surface area contributed by atoms with E-state index < -0.39 is 0 Å². The van der Waals surface area contributed by atoms with Crippen LogP contribution in [0.1, 0.15) is 37.0 Å². The third-order valence-corrected chi connectivity index (χ3v) is 3.35. The van der Waals surface area contributed by atoms with Crippen LogP contribution in [-0.2, 0) is 9.47 Å². The summed E-state index contributed by atoms with van der Waals surface area (Å²) in [6, 6.07) is 5.15. The molecular formula is C16H21ClO4. The quantitative estimate of drug-likeness (QED) is 0.720. The summed E-state index contributed by atoms with van der Waals surface area (Å²) in [5, 5.41) is 0.531. The number of ketones is 1. The van der Waals surface area contributed by atoms with Crippen molar-refractivity contribution in [2.45, 2.75) is 33.0 Å². The van der Waals surface area contributed by atoms with Crippen LogP contribution in [0.2, 0.25) is 5.02 Å². The number of halogens is 1. The van der Waals surface area contributed by atoms with Gasteiger partial charge in [-0.05, 0) is 24.1 Å². The minimum Gasteiger partial charge on any atom is -0.493 e. The molecule has 0 aromatic heterocycles. The van der Waals surface area contributed by atoms with Crippen molar-refractivity contribution in [1.29, 1.82) is 0 Å². The Morgan fingerprint density at radius 3 is 2.76 bits per heavy atom. The fourth-order valence-electron chi connectivity index (χ4n) is 2.06. The number of Topliss-reactive ketones (excluding diaryl/α,β-unsaturated/α-hetero) is 1. The second-order valence-corrected chi connectivity index (χ2v) is 5.91. The van der Waals surface area contributed by atoms with E-state index in [1.54, 1.807) is 18.2 Å². The van der Waals surface area contributed by atoms with Crippen molar-refractivity contribution < 1.29 is 19.0 Å². The van der Waals surface area contributed by atoms with Gasteiger partial charge in [-0.1, -0.05) is 25.4 Å². The molecule has 0 bridgehead atoms. The molecule has 0 spiro atoms. The molecule has 0 aliphatic carbocycles. The summed E-state index contributed by atoms with van der Waals surface area (Å²) < 4.78 is 16.4. The molecule has 0 unspecified atom stereocenters. The number of hydrogen-bond acceptors (Lipinski definition) is 4. The molecular weight excluding hydrogens is 292 g/mol. The normalized spacial score (nSPS) is 15.6. The van der Waals surface area contributed by atoms with Gasteiger partial charge < -0.3 is 14.2 Å². The third kappa shape index (κ3) is 4.99. The summed E-state index contributed by atoms with van der Waals surface area (Å²) in [5.74, 6) is 0.977. The highest BCUT2D eigenvalue weighted by Gasteiger charge is 2.20. The van der Waals surface area contributed by atoms with E-state index in [-0.39, 0.29) is 12.1 Å². The van der Waals surface area contributed by atoms with E-state index in [1.165, 1.54) is 0 Å². The molecule has 116 valence electrons. The van der Waals surface area contributed by atoms with Crippen LogP contribution in [0.15, 0.2) is 18.2 Å². The van der Waals surface area contributed by atoms with Crippen molar-refractivity contribution >= 4 is 17.4 Å². The lowest BCUT2D eigenvalue weighted by Crippen LogP contribution is -2.12. The number of benzene rings is 1. The largest absolute Gasteiger partial charge is 0.493 e. The molecule has 1 aromatic rings. The average molecular weight is 313 g/mol. The summed E-state index contributed by atoms with van der Waals surface area (Å²) in [4.78, 5) is 12.4. The van der Waals surface area contributed by atoms with Gasteiger partial charge in [0.1, 0.15) is 5.75 Å². The molecule has 2 rings (SSSR count). The number of carbonyl (C=O) groups is 1. The van der Waals surface area contributed by atoms with Gasteiger partial charge in [-0.3, -0.25) is 4.79 Å². The highest BCUT2D eigenvalue weighted by molar-refractivity contribution is 6.31. The van der Waals surface area contributed by atoms with E-state index in [0.717, 1.165) is 0 Å². The Bertz CT molecular complexity index is 481. The molecule has 1 aromatic carbocycles. The maximum Gasteiger partial charge on any atom is 0.166 e. The van der Waals surface area contributed by atoms with Crippen molar-refractivity contribution in [3.63, 3.8) is 0 Å². The van der Waals surface area contributed by atoms with Crippen LogP contribution in [0.25, 0.3) is 0 Å². The van der Waals surface area contributed by atoms with Gasteiger partial charge in [0.05, 0.1) is 25.4 Å². The number of rotatable bonds is 7. The summed E-state index contributed by atoms with van der Waals surface area (Å²) in [6.45, 7) is 5.88. The van der Waals surface area contributed by atoms with E-state index in [0.29, 0.717) is 54.9 Å². The van der Waals surface area contributed by atoms with Crippen LogP contribution in [0.5, 0.6) is 5.75 Å². The van der Waals surface area contributed by atoms with Crippen LogP contribution in [0.4, 0.5) is 0 Å². The number of carbonyl (C=O) groups excluding carboxylic acids is 1. The van der Waals surface area contributed by atoms with Crippen LogP contribution in [0.3, 0.4) is 0 Å². The molecule has 4 nitrogen and oxygen atoms in total. The van der Waals surface area contributed by atoms with Gasteiger partial charge in [-0.2, -0.15) is 0 Å². The second-order valence-electron chi connectivity index (χ2n) is 5.48. The van der Waals surface area contributed by atoms with Crippen LogP contribution in [0, 0.1) is 5.92 Å². The standard InChI is InChI=1S/C16H21ClO4/c1-11(2)10-21-15-5-3-12(17)9-13(15)14(18)4-6-16-19-7-8-20-16/h3,5,9,11,16H,4,6-8,10H2,1-2H3. The number of hydrogen-bond donors (Lipinski definition) is 0. The lowest BCUT2D eigenvalue weighted by Gasteiger charge is -2.13. The first-order chi connectivity index (χ1) is 10.1. The first-order valence-electron chi connectivity index (χ1n) is 7.25. The van der Waals surface area contributed by atoms with Gasteiger partial charge in [0, 0.05) is 17.9 Å². The number of ether oxygens (including phenoxy) is 3. The molecule has 21 heavy (non-hydrogen) atoms. The van der Waals surface area contributed by atoms with Crippen molar-refractivity contribution in [2.24, 2.45) is 5.92 Å². The van der Waals surface area contributed by atoms with E-state index in [2.05, 4.69) is 13.8 Å². The highest BCUT2D eigenvalue weighted by Crippen LogP contribution is 2.26. The van der Waals surface area contributed by atoms with Gasteiger partial charge in [0.25, 0.3) is 0 Å². The average Bonchev–Trinajstić information content (AvgIpc) is 2.96. The van der Waals surface area contributed by atoms with Gasteiger partial charge in [0.2, 0.25) is 0 Å². The molecule has 1 saturated heterocycles. The van der Waals surface area contributed by atoms with Crippen LogP contribution >= 0.6 is 11.6 Å². The topological polar surface area (TPSA) is 44.8 Å². The lowest BCUT2D eigenvalue weighted by atomic mass is 10.1. The molecule has 0 atom stereocenters. The van der Waals surface area contributed by atoms with Gasteiger partial charge in [-0.25, -0.2) is 0 Å². The molecule has 0 amide bonds. The predicted molar refractivity (Wildman–Crippen MR) is 81.0 cm³/mol. The van der Waals surface area contributed by atoms with Gasteiger partial charge >= 0.3 is 0 Å². The van der Waals surface area contributed by atoms with Crippen molar-refractivity contribution in [2.75, 3.05) is 19.8 Å². The zero-order valence-corrected chi connectivity index (χ0v) is 13.2. The maximum atomic E-state index is 12.4. The summed E-state index contributed by atoms with van der Waals surface area (Å²) >= 11 is 5.99. The van der Waals surface area contributed by atoms with Gasteiger partial charge in [0.15, 0.2) is 12.1 Å². The van der Waals surface area contributed by atoms with E-state index in [4.69, 9.17) is 25.8 Å². The van der Waals surface area contributed by atoms with E-state index >= 15 is 0 Å². The fourth-order valence-corrected chi connectivity index (χ4v) is 2.23. The van der Waals surface area contributed by atoms with Crippen LogP contribution < -0.4 is 4.74 Å². The smallest absolute Gasteiger partial charge is 0.166 e. The second kappa shape index (κ2) is 7.78. The van der Waals surface area contributed by atoms with Gasteiger partial charge in [-0.15, -0.1) is 0 Å². The lowest BCUT2D eigenvalue weighted by molar-refractivity contribution is -0.0464. The Balaban J connectivity index is 2.01. The first kappa shape index (κ1) is 16.3. The summed E-state index contributed by atoms with van der Waals surface area (Å²) in [5.41, 5.74) is 0.529. The fraction of sp³-hybridized carbons (Fsp3) is 0.562. The Labute approximate surface area is 130 Å². The molecule has 5 heteroatoms. The Hall–Kier alpha value is -1.10. The monoisotopic (exact) mass is 312 g/mol. The van der Waals surface area contributed by atoms with Crippen molar-refractivity contribution in [1.82, 2.24) is 0 Å². The molecule has 1 heterocycles. The first-order valence-corrected chi connectivity index (χ1v) is 7.63. The predicted octanol–water partition coefficient (Wildman–Crippen LogP) is 3.71. The Morgan fingerprint density at radius 2 is 2.10 bits per heavy atom. The van der Waals surface area contributed by atoms with Crippen molar-refractivity contribution in [3.05, 3.63) is 28.8 Å². The van der Waals surface area contributed by atoms with Crippen molar-refractivity contribution in [3.8, 4) is 5.75 Å². The maximum absolute atomic E-state index is 12.4. The van der Waals surface area contributed by atoms with E-state index in [1.807, 2.05) is 0 Å². The van der Waals surface area contributed by atoms with E-state index in [9.17, 15) is 4.79 Å². The highest BCUT2D eigenvalue weighted by atomic mass is 35.5. The third-order valence-electron chi connectivity index (χ3n) is 3.11. The molecule has 0 radical (unpaired) electrons. The molecule has 0 N–H and O–H groups in total. The summed E-state index contributed by atoms with van der Waals surface area (Å²) in [7, 11) is 0. The Kier molecular flexibility index (Phi) is 6.03. The molecule has 1 fully saturated rings. The minimum absolute atomic E-state index is 0.00430. The Morgan fingerprint density at radius 1 is 1.38 bits per heavy atom. The molecule has 0 saturated carbocycles. The zero-order chi connectivity index (χ0) is 15.2. The molecule has 1 aliphatic heterocycles. The summed E-state index contributed by atoms with van der Waals surface area (Å²) in [6.07, 6.45) is 0.631. The minimum atomic E-state index is -0.270. The zero-order valence-electron chi connectivity index (χ0n) is 12.4. The molecule has 1 aliphatic rings.